The van der Waals surface area contributed by atoms with Crippen molar-refractivity contribution in [1.82, 2.24) is 4.72 Å². The molecule has 0 fully saturated rings. The van der Waals surface area contributed by atoms with Gasteiger partial charge in [-0.3, -0.25) is 9.59 Å². The molecule has 2 N–H and O–H groups in total. The second-order valence-electron chi connectivity index (χ2n) is 6.64. The molecule has 0 saturated heterocycles. The number of ketones is 1. The van der Waals surface area contributed by atoms with Gasteiger partial charge in [-0.25, -0.2) is 13.1 Å². The van der Waals surface area contributed by atoms with Gasteiger partial charge in [0.15, 0.2) is 5.78 Å². The van der Waals surface area contributed by atoms with E-state index in [1.165, 1.54) is 24.3 Å². The molecule has 2 aromatic rings. The second kappa shape index (κ2) is 8.92. The molecule has 0 atom stereocenters. The lowest BCUT2D eigenvalue weighted by atomic mass is 10.0. The van der Waals surface area contributed by atoms with Crippen molar-refractivity contribution in [2.24, 2.45) is 0 Å². The van der Waals surface area contributed by atoms with Crippen LogP contribution in [0.25, 0.3) is 0 Å². The minimum Gasteiger partial charge on any atom is -0.326 e. The van der Waals surface area contributed by atoms with E-state index in [2.05, 4.69) is 10.0 Å². The molecule has 1 amide bonds. The fourth-order valence-corrected chi connectivity index (χ4v) is 3.68. The van der Waals surface area contributed by atoms with Crippen molar-refractivity contribution < 1.29 is 18.0 Å². The molecule has 0 unspecified atom stereocenters. The van der Waals surface area contributed by atoms with E-state index in [0.29, 0.717) is 11.3 Å². The average Bonchev–Trinajstić information content (AvgIpc) is 2.59. The molecule has 0 heterocycles. The Kier molecular flexibility index (Phi) is 6.87. The summed E-state index contributed by atoms with van der Waals surface area (Å²) in [6, 6.07) is 12.9. The first kappa shape index (κ1) is 20.8. The Morgan fingerprint density at radius 3 is 2.07 bits per heavy atom. The van der Waals surface area contributed by atoms with Crippen LogP contribution in [0.1, 0.15) is 42.6 Å². The van der Waals surface area contributed by atoms with Crippen molar-refractivity contribution in [3.8, 4) is 0 Å². The SMILES string of the molecule is Cc1ccc(C(=O)CCC(=O)Nc2ccc(S(=O)(=O)NC(C)C)cc2)cc1. The fraction of sp³-hybridized carbons (Fsp3) is 0.300. The Hall–Kier alpha value is -2.51. The first-order valence-corrected chi connectivity index (χ1v) is 10.2. The Bertz CT molecular complexity index is 902. The third-order valence-corrected chi connectivity index (χ3v) is 5.47. The molecule has 0 aromatic heterocycles. The van der Waals surface area contributed by atoms with E-state index >= 15 is 0 Å². The van der Waals surface area contributed by atoms with E-state index in [1.54, 1.807) is 26.0 Å². The minimum atomic E-state index is -3.57. The number of anilines is 1. The van der Waals surface area contributed by atoms with Crippen LogP contribution in [-0.2, 0) is 14.8 Å². The Balaban J connectivity index is 1.90. The number of hydrogen-bond donors (Lipinski definition) is 2. The summed E-state index contributed by atoms with van der Waals surface area (Å²) in [6.07, 6.45) is 0.168. The maximum absolute atomic E-state index is 12.1. The molecule has 0 spiro atoms. The molecule has 0 aliphatic heterocycles. The summed E-state index contributed by atoms with van der Waals surface area (Å²) in [5.41, 5.74) is 2.13. The van der Waals surface area contributed by atoms with Crippen molar-refractivity contribution in [2.75, 3.05) is 5.32 Å². The summed E-state index contributed by atoms with van der Waals surface area (Å²) in [5, 5.41) is 2.67. The van der Waals surface area contributed by atoms with Gasteiger partial charge in [-0.2, -0.15) is 0 Å². The lowest BCUT2D eigenvalue weighted by Crippen LogP contribution is -2.30. The van der Waals surface area contributed by atoms with Crippen LogP contribution in [-0.4, -0.2) is 26.2 Å². The van der Waals surface area contributed by atoms with Crippen LogP contribution in [0, 0.1) is 6.92 Å². The van der Waals surface area contributed by atoms with Crippen LogP contribution < -0.4 is 10.0 Å². The summed E-state index contributed by atoms with van der Waals surface area (Å²) in [7, 11) is -3.57. The van der Waals surface area contributed by atoms with Crippen LogP contribution in [0.3, 0.4) is 0 Å². The van der Waals surface area contributed by atoms with Gasteiger partial charge < -0.3 is 5.32 Å². The largest absolute Gasteiger partial charge is 0.326 e. The fourth-order valence-electron chi connectivity index (χ4n) is 2.43. The lowest BCUT2D eigenvalue weighted by Gasteiger charge is -2.10. The zero-order valence-electron chi connectivity index (χ0n) is 15.7. The molecule has 27 heavy (non-hydrogen) atoms. The highest BCUT2D eigenvalue weighted by atomic mass is 32.2. The number of sulfonamides is 1. The number of carbonyl (C=O) groups is 2. The quantitative estimate of drug-likeness (QED) is 0.679. The van der Waals surface area contributed by atoms with E-state index in [-0.39, 0.29) is 35.5 Å². The molecule has 144 valence electrons. The number of rotatable bonds is 8. The molecule has 0 aliphatic rings. The van der Waals surface area contributed by atoms with Crippen LogP contribution in [0.2, 0.25) is 0 Å². The number of benzene rings is 2. The third-order valence-electron chi connectivity index (χ3n) is 3.79. The molecule has 0 aliphatic carbocycles. The molecule has 6 nitrogen and oxygen atoms in total. The Morgan fingerprint density at radius 1 is 0.926 bits per heavy atom. The van der Waals surface area contributed by atoms with Crippen molar-refractivity contribution in [2.45, 2.75) is 44.6 Å². The minimum absolute atomic E-state index is 0.0572. The summed E-state index contributed by atoms with van der Waals surface area (Å²) < 4.78 is 26.6. The van der Waals surface area contributed by atoms with E-state index in [9.17, 15) is 18.0 Å². The smallest absolute Gasteiger partial charge is 0.240 e. The zero-order valence-corrected chi connectivity index (χ0v) is 16.5. The molecule has 0 saturated carbocycles. The van der Waals surface area contributed by atoms with Gasteiger partial charge >= 0.3 is 0 Å². The topological polar surface area (TPSA) is 92.3 Å². The average molecular weight is 388 g/mol. The van der Waals surface area contributed by atoms with Crippen LogP contribution in [0.5, 0.6) is 0 Å². The standard InChI is InChI=1S/C20H24N2O4S/c1-14(2)22-27(25,26)18-10-8-17(9-11-18)21-20(24)13-12-19(23)16-6-4-15(3)5-7-16/h4-11,14,22H,12-13H2,1-3H3,(H,21,24). The molecule has 2 rings (SSSR count). The summed E-state index contributed by atoms with van der Waals surface area (Å²) in [4.78, 5) is 24.3. The van der Waals surface area contributed by atoms with Crippen LogP contribution in [0.4, 0.5) is 5.69 Å². The first-order chi connectivity index (χ1) is 12.7. The number of carbonyl (C=O) groups excluding carboxylic acids is 2. The first-order valence-electron chi connectivity index (χ1n) is 8.69. The number of aryl methyl sites for hydroxylation is 1. The number of nitrogens with one attached hydrogen (secondary N) is 2. The van der Waals surface area contributed by atoms with E-state index in [4.69, 9.17) is 0 Å². The normalized spacial score (nSPS) is 11.4. The van der Waals surface area contributed by atoms with Crippen LogP contribution in [0.15, 0.2) is 53.4 Å². The van der Waals surface area contributed by atoms with Crippen molar-refractivity contribution >= 4 is 27.4 Å². The predicted octanol–water partition coefficient (Wildman–Crippen LogP) is 3.28. The highest BCUT2D eigenvalue weighted by Crippen LogP contribution is 2.15. The number of amides is 1. The van der Waals surface area contributed by atoms with Gasteiger partial charge in [0, 0.05) is 30.1 Å². The van der Waals surface area contributed by atoms with Gasteiger partial charge in [-0.05, 0) is 45.0 Å². The van der Waals surface area contributed by atoms with Crippen molar-refractivity contribution in [1.29, 1.82) is 0 Å². The molecular weight excluding hydrogens is 364 g/mol. The summed E-state index contributed by atoms with van der Waals surface area (Å²) in [5.74, 6) is -0.391. The van der Waals surface area contributed by atoms with E-state index < -0.39 is 10.0 Å². The third kappa shape index (κ3) is 6.30. The Morgan fingerprint density at radius 2 is 1.52 bits per heavy atom. The molecule has 7 heteroatoms. The number of hydrogen-bond acceptors (Lipinski definition) is 4. The maximum atomic E-state index is 12.1. The van der Waals surface area contributed by atoms with E-state index in [0.717, 1.165) is 5.56 Å². The highest BCUT2D eigenvalue weighted by Gasteiger charge is 2.15. The van der Waals surface area contributed by atoms with E-state index in [1.807, 2.05) is 19.1 Å². The van der Waals surface area contributed by atoms with Crippen molar-refractivity contribution in [3.05, 3.63) is 59.7 Å². The zero-order chi connectivity index (χ0) is 20.0. The highest BCUT2D eigenvalue weighted by molar-refractivity contribution is 7.89. The molecular formula is C20H24N2O4S. The van der Waals surface area contributed by atoms with Crippen LogP contribution >= 0.6 is 0 Å². The molecule has 2 aromatic carbocycles. The summed E-state index contributed by atoms with van der Waals surface area (Å²) >= 11 is 0. The monoisotopic (exact) mass is 388 g/mol. The van der Waals surface area contributed by atoms with Crippen molar-refractivity contribution in [3.63, 3.8) is 0 Å². The lowest BCUT2D eigenvalue weighted by molar-refractivity contribution is -0.116. The molecule has 0 radical (unpaired) electrons. The number of Topliss-reactive ketones (excluding diaryl/α,β-unsaturated/α-hetero) is 1. The van der Waals surface area contributed by atoms with Gasteiger partial charge in [0.05, 0.1) is 4.90 Å². The second-order valence-corrected chi connectivity index (χ2v) is 8.35. The van der Waals surface area contributed by atoms with Gasteiger partial charge in [0.2, 0.25) is 15.9 Å². The Labute approximate surface area is 160 Å². The predicted molar refractivity (Wildman–Crippen MR) is 105 cm³/mol. The van der Waals surface area contributed by atoms with Gasteiger partial charge in [-0.1, -0.05) is 29.8 Å². The van der Waals surface area contributed by atoms with Gasteiger partial charge in [-0.15, -0.1) is 0 Å². The maximum Gasteiger partial charge on any atom is 0.240 e. The summed E-state index contributed by atoms with van der Waals surface area (Å²) in [6.45, 7) is 5.42. The van der Waals surface area contributed by atoms with Gasteiger partial charge in [0.25, 0.3) is 0 Å². The molecule has 0 bridgehead atoms. The van der Waals surface area contributed by atoms with Gasteiger partial charge in [0.1, 0.15) is 0 Å².